The van der Waals surface area contributed by atoms with Crippen molar-refractivity contribution in [3.63, 3.8) is 0 Å². The highest BCUT2D eigenvalue weighted by atomic mass is 32.2. The molecule has 1 aromatic heterocycles. The van der Waals surface area contributed by atoms with E-state index < -0.39 is 10.0 Å². The largest absolute Gasteiger partial charge is 0.497 e. The van der Waals surface area contributed by atoms with Crippen LogP contribution in [0.15, 0.2) is 59.6 Å². The second-order valence-electron chi connectivity index (χ2n) is 7.46. The minimum atomic E-state index is -3.84. The molecule has 1 aliphatic rings. The van der Waals surface area contributed by atoms with Crippen LogP contribution >= 0.6 is 0 Å². The molecule has 0 aliphatic carbocycles. The maximum absolute atomic E-state index is 13.1. The van der Waals surface area contributed by atoms with Crippen molar-refractivity contribution < 1.29 is 22.7 Å². The monoisotopic (exact) mass is 455 g/mol. The number of carbonyl (C=O) groups is 1. The third kappa shape index (κ3) is 4.57. The van der Waals surface area contributed by atoms with E-state index in [-0.39, 0.29) is 16.5 Å². The predicted octanol–water partition coefficient (Wildman–Crippen LogP) is 3.42. The van der Waals surface area contributed by atoms with Crippen molar-refractivity contribution in [3.8, 4) is 11.5 Å². The fourth-order valence-electron chi connectivity index (χ4n) is 3.54. The molecule has 2 N–H and O–H groups in total. The molecule has 0 spiro atoms. The van der Waals surface area contributed by atoms with Crippen LogP contribution in [-0.4, -0.2) is 44.5 Å². The van der Waals surface area contributed by atoms with Crippen molar-refractivity contribution in [3.05, 3.63) is 71.5 Å². The highest BCUT2D eigenvalue weighted by Crippen LogP contribution is 2.28. The number of hydrogen-bond acceptors (Lipinski definition) is 5. The third-order valence-corrected chi connectivity index (χ3v) is 6.69. The molecule has 0 bridgehead atoms. The van der Waals surface area contributed by atoms with Crippen LogP contribution in [0, 0.1) is 0 Å². The molecule has 168 valence electrons. The molecule has 9 heteroatoms. The number of ether oxygens (including phenoxy) is 2. The third-order valence-electron chi connectivity index (χ3n) is 5.33. The van der Waals surface area contributed by atoms with Gasteiger partial charge in [-0.3, -0.25) is 9.52 Å². The van der Waals surface area contributed by atoms with Crippen LogP contribution in [0.1, 0.15) is 28.5 Å². The van der Waals surface area contributed by atoms with E-state index >= 15 is 0 Å². The molecule has 0 saturated carbocycles. The SMILES string of the molecule is CCc1cccc(NS(=O)(=O)c2c[nH]c(C(=O)N3CCOc4cc(OC)ccc4C3)c2)c1. The standard InChI is InChI=1S/C23H25N3O5S/c1-3-16-5-4-6-18(11-16)25-32(28,29)20-13-21(24-14-20)23(27)26-9-10-31-22-12-19(30-2)8-7-17(22)15-26/h4-8,11-14,24-25H,3,9-10,15H2,1-2H3. The van der Waals surface area contributed by atoms with Gasteiger partial charge in [0, 0.05) is 30.1 Å². The molecule has 2 aromatic carbocycles. The topological polar surface area (TPSA) is 101 Å². The Morgan fingerprint density at radius 3 is 2.84 bits per heavy atom. The van der Waals surface area contributed by atoms with E-state index in [9.17, 15) is 13.2 Å². The number of amides is 1. The van der Waals surface area contributed by atoms with Gasteiger partial charge < -0.3 is 19.4 Å². The van der Waals surface area contributed by atoms with E-state index in [1.807, 2.05) is 25.1 Å². The molecule has 8 nitrogen and oxygen atoms in total. The smallest absolute Gasteiger partial charge is 0.270 e. The molecule has 0 atom stereocenters. The number of aryl methyl sites for hydroxylation is 1. The van der Waals surface area contributed by atoms with Gasteiger partial charge in [-0.25, -0.2) is 8.42 Å². The predicted molar refractivity (Wildman–Crippen MR) is 121 cm³/mol. The van der Waals surface area contributed by atoms with Crippen LogP contribution in [0.4, 0.5) is 5.69 Å². The van der Waals surface area contributed by atoms with Crippen LogP contribution in [0.25, 0.3) is 0 Å². The average Bonchev–Trinajstić information content (AvgIpc) is 3.20. The summed E-state index contributed by atoms with van der Waals surface area (Å²) in [5.41, 5.74) is 2.56. The van der Waals surface area contributed by atoms with Crippen molar-refractivity contribution in [1.29, 1.82) is 0 Å². The van der Waals surface area contributed by atoms with Crippen molar-refractivity contribution in [1.82, 2.24) is 9.88 Å². The summed E-state index contributed by atoms with van der Waals surface area (Å²) in [5, 5.41) is 0. The lowest BCUT2D eigenvalue weighted by Gasteiger charge is -2.19. The number of nitrogens with one attached hydrogen (secondary N) is 2. The van der Waals surface area contributed by atoms with Gasteiger partial charge in [0.05, 0.1) is 13.7 Å². The molecule has 0 fully saturated rings. The Labute approximate surface area is 187 Å². The van der Waals surface area contributed by atoms with Crippen LogP contribution in [0.2, 0.25) is 0 Å². The Morgan fingerprint density at radius 2 is 2.06 bits per heavy atom. The first-order valence-electron chi connectivity index (χ1n) is 10.3. The molecule has 32 heavy (non-hydrogen) atoms. The van der Waals surface area contributed by atoms with E-state index in [1.165, 1.54) is 12.3 Å². The van der Waals surface area contributed by atoms with E-state index in [0.29, 0.717) is 36.9 Å². The van der Waals surface area contributed by atoms with Gasteiger partial charge in [-0.05, 0) is 42.3 Å². The molecular weight excluding hydrogens is 430 g/mol. The highest BCUT2D eigenvalue weighted by Gasteiger charge is 2.25. The first kappa shape index (κ1) is 21.8. The fraction of sp³-hybridized carbons (Fsp3) is 0.261. The molecule has 1 aliphatic heterocycles. The van der Waals surface area contributed by atoms with E-state index in [4.69, 9.17) is 9.47 Å². The lowest BCUT2D eigenvalue weighted by molar-refractivity contribution is 0.0728. The number of nitrogens with zero attached hydrogens (tertiary/aromatic N) is 1. The molecule has 2 heterocycles. The van der Waals surface area contributed by atoms with E-state index in [2.05, 4.69) is 9.71 Å². The molecule has 0 saturated heterocycles. The Kier molecular flexibility index (Phi) is 6.09. The number of aromatic nitrogens is 1. The van der Waals surface area contributed by atoms with Crippen LogP contribution < -0.4 is 14.2 Å². The summed E-state index contributed by atoms with van der Waals surface area (Å²) in [4.78, 5) is 17.5. The summed E-state index contributed by atoms with van der Waals surface area (Å²) in [6.45, 7) is 3.05. The number of aromatic amines is 1. The van der Waals surface area contributed by atoms with Crippen molar-refractivity contribution in [2.45, 2.75) is 24.8 Å². The number of carbonyl (C=O) groups excluding carboxylic acids is 1. The fourth-order valence-corrected chi connectivity index (χ4v) is 4.59. The van der Waals surface area contributed by atoms with E-state index in [1.54, 1.807) is 36.3 Å². The quantitative estimate of drug-likeness (QED) is 0.593. The number of anilines is 1. The summed E-state index contributed by atoms with van der Waals surface area (Å²) in [6, 6.07) is 14.0. The molecule has 1 amide bonds. The molecule has 0 unspecified atom stereocenters. The van der Waals surface area contributed by atoms with Gasteiger partial charge in [0.2, 0.25) is 0 Å². The average molecular weight is 456 g/mol. The van der Waals surface area contributed by atoms with E-state index in [0.717, 1.165) is 17.5 Å². The second kappa shape index (κ2) is 8.96. The molecular formula is C23H25N3O5S. The molecule has 0 radical (unpaired) electrons. The summed E-state index contributed by atoms with van der Waals surface area (Å²) in [7, 11) is -2.25. The Balaban J connectivity index is 1.51. The normalized spacial score (nSPS) is 13.6. The minimum Gasteiger partial charge on any atom is -0.497 e. The summed E-state index contributed by atoms with van der Waals surface area (Å²) in [5.74, 6) is 1.05. The zero-order chi connectivity index (χ0) is 22.7. The molecule has 3 aromatic rings. The minimum absolute atomic E-state index is 0.000963. The summed E-state index contributed by atoms with van der Waals surface area (Å²) in [6.07, 6.45) is 2.13. The number of hydrogen-bond donors (Lipinski definition) is 2. The number of fused-ring (bicyclic) bond motifs is 1. The Morgan fingerprint density at radius 1 is 1.22 bits per heavy atom. The van der Waals surface area contributed by atoms with Gasteiger partial charge in [0.25, 0.3) is 15.9 Å². The maximum Gasteiger partial charge on any atom is 0.270 e. The summed E-state index contributed by atoms with van der Waals surface area (Å²) >= 11 is 0. The van der Waals surface area contributed by atoms with Crippen molar-refractivity contribution in [2.24, 2.45) is 0 Å². The first-order valence-corrected chi connectivity index (χ1v) is 11.8. The first-order chi connectivity index (χ1) is 15.4. The van der Waals surface area contributed by atoms with Gasteiger partial charge in [0.1, 0.15) is 28.7 Å². The summed E-state index contributed by atoms with van der Waals surface area (Å²) < 4.78 is 39.2. The highest BCUT2D eigenvalue weighted by molar-refractivity contribution is 7.92. The van der Waals surface area contributed by atoms with Gasteiger partial charge in [-0.15, -0.1) is 0 Å². The van der Waals surface area contributed by atoms with Crippen LogP contribution in [0.5, 0.6) is 11.5 Å². The van der Waals surface area contributed by atoms with Crippen LogP contribution in [0.3, 0.4) is 0 Å². The van der Waals surface area contributed by atoms with Crippen molar-refractivity contribution in [2.75, 3.05) is 25.0 Å². The number of methoxy groups -OCH3 is 1. The number of sulfonamides is 1. The lowest BCUT2D eigenvalue weighted by Crippen LogP contribution is -2.32. The lowest BCUT2D eigenvalue weighted by atomic mass is 10.1. The van der Waals surface area contributed by atoms with Gasteiger partial charge in [-0.1, -0.05) is 19.1 Å². The Hall–Kier alpha value is -3.46. The van der Waals surface area contributed by atoms with Crippen molar-refractivity contribution >= 4 is 21.6 Å². The van der Waals surface area contributed by atoms with Crippen LogP contribution in [-0.2, 0) is 23.0 Å². The number of benzene rings is 2. The zero-order valence-electron chi connectivity index (χ0n) is 17.9. The number of rotatable bonds is 6. The van der Waals surface area contributed by atoms with Gasteiger partial charge >= 0.3 is 0 Å². The maximum atomic E-state index is 13.1. The molecule has 4 rings (SSSR count). The second-order valence-corrected chi connectivity index (χ2v) is 9.14. The van der Waals surface area contributed by atoms with Gasteiger partial charge in [0.15, 0.2) is 0 Å². The Bertz CT molecular complexity index is 1240. The zero-order valence-corrected chi connectivity index (χ0v) is 18.7. The van der Waals surface area contributed by atoms with Gasteiger partial charge in [-0.2, -0.15) is 0 Å². The number of H-pyrrole nitrogens is 1.